The molecule has 1 aromatic carbocycles. The van der Waals surface area contributed by atoms with Crippen LogP contribution in [0.25, 0.3) is 11.3 Å². The van der Waals surface area contributed by atoms with Crippen molar-refractivity contribution in [2.24, 2.45) is 0 Å². The molecule has 88 valence electrons. The number of H-pyrrole nitrogens is 1. The molecule has 1 aliphatic rings. The zero-order valence-electron chi connectivity index (χ0n) is 9.53. The maximum atomic E-state index is 13.6. The summed E-state index contributed by atoms with van der Waals surface area (Å²) in [6, 6.07) is 6.88. The Morgan fingerprint density at radius 1 is 1.35 bits per heavy atom. The quantitative estimate of drug-likeness (QED) is 0.883. The molecule has 0 atom stereocenters. The van der Waals surface area contributed by atoms with E-state index in [1.807, 2.05) is 12.1 Å². The molecule has 4 heteroatoms. The van der Waals surface area contributed by atoms with Crippen LogP contribution in [-0.2, 0) is 0 Å². The summed E-state index contributed by atoms with van der Waals surface area (Å²) in [7, 11) is 1.46. The monoisotopic (exact) mass is 232 g/mol. The van der Waals surface area contributed by atoms with Gasteiger partial charge in [-0.15, -0.1) is 0 Å². The molecule has 0 radical (unpaired) electrons. The van der Waals surface area contributed by atoms with Crippen LogP contribution in [0.2, 0.25) is 0 Å². The van der Waals surface area contributed by atoms with E-state index in [-0.39, 0.29) is 11.6 Å². The van der Waals surface area contributed by atoms with Gasteiger partial charge < -0.3 is 4.74 Å². The van der Waals surface area contributed by atoms with Crippen molar-refractivity contribution in [2.45, 2.75) is 18.8 Å². The van der Waals surface area contributed by atoms with Crippen molar-refractivity contribution < 1.29 is 9.13 Å². The van der Waals surface area contributed by atoms with E-state index in [1.165, 1.54) is 26.0 Å². The molecule has 0 spiro atoms. The number of benzene rings is 1. The maximum absolute atomic E-state index is 13.6. The lowest BCUT2D eigenvalue weighted by Gasteiger charge is -2.02. The highest BCUT2D eigenvalue weighted by Crippen LogP contribution is 2.40. The third-order valence-corrected chi connectivity index (χ3v) is 3.06. The SMILES string of the molecule is COc1ccc(-c2cc(C3CC3)[nH]n2)cc1F. The van der Waals surface area contributed by atoms with E-state index in [1.54, 1.807) is 6.07 Å². The van der Waals surface area contributed by atoms with Gasteiger partial charge in [0, 0.05) is 17.2 Å². The lowest BCUT2D eigenvalue weighted by Crippen LogP contribution is -1.88. The summed E-state index contributed by atoms with van der Waals surface area (Å²) in [5.74, 6) is 0.520. The van der Waals surface area contributed by atoms with Crippen molar-refractivity contribution in [2.75, 3.05) is 7.11 Å². The van der Waals surface area contributed by atoms with Crippen LogP contribution in [0.15, 0.2) is 24.3 Å². The van der Waals surface area contributed by atoms with Gasteiger partial charge in [0.2, 0.25) is 0 Å². The van der Waals surface area contributed by atoms with Gasteiger partial charge in [-0.1, -0.05) is 0 Å². The minimum atomic E-state index is -0.360. The summed E-state index contributed by atoms with van der Waals surface area (Å²) in [5.41, 5.74) is 2.70. The Balaban J connectivity index is 1.93. The van der Waals surface area contributed by atoms with Crippen LogP contribution in [0, 0.1) is 5.82 Å². The van der Waals surface area contributed by atoms with E-state index in [4.69, 9.17) is 4.74 Å². The van der Waals surface area contributed by atoms with Gasteiger partial charge in [-0.05, 0) is 37.1 Å². The Bertz CT molecular complexity index is 546. The van der Waals surface area contributed by atoms with Gasteiger partial charge in [-0.3, -0.25) is 5.10 Å². The second-order valence-corrected chi connectivity index (χ2v) is 4.33. The van der Waals surface area contributed by atoms with Crippen LogP contribution in [0.1, 0.15) is 24.5 Å². The van der Waals surface area contributed by atoms with E-state index in [9.17, 15) is 4.39 Å². The smallest absolute Gasteiger partial charge is 0.165 e. The zero-order chi connectivity index (χ0) is 11.8. The second kappa shape index (κ2) is 3.87. The van der Waals surface area contributed by atoms with Gasteiger partial charge in [-0.25, -0.2) is 4.39 Å². The molecule has 0 amide bonds. The van der Waals surface area contributed by atoms with Crippen molar-refractivity contribution in [3.8, 4) is 17.0 Å². The lowest BCUT2D eigenvalue weighted by molar-refractivity contribution is 0.386. The molecule has 1 fully saturated rings. The predicted molar refractivity (Wildman–Crippen MR) is 62.5 cm³/mol. The summed E-state index contributed by atoms with van der Waals surface area (Å²) < 4.78 is 18.4. The number of halogens is 1. The highest BCUT2D eigenvalue weighted by atomic mass is 19.1. The highest BCUT2D eigenvalue weighted by molar-refractivity contribution is 5.61. The summed E-state index contributed by atoms with van der Waals surface area (Å²) in [6.45, 7) is 0. The van der Waals surface area contributed by atoms with Gasteiger partial charge in [0.05, 0.1) is 12.8 Å². The minimum Gasteiger partial charge on any atom is -0.494 e. The number of hydrogen-bond donors (Lipinski definition) is 1. The number of hydrogen-bond acceptors (Lipinski definition) is 2. The fraction of sp³-hybridized carbons (Fsp3) is 0.308. The number of ether oxygens (including phenoxy) is 1. The van der Waals surface area contributed by atoms with Gasteiger partial charge in [0.15, 0.2) is 11.6 Å². The molecule has 0 bridgehead atoms. The molecule has 0 saturated heterocycles. The van der Waals surface area contributed by atoms with Crippen LogP contribution >= 0.6 is 0 Å². The Hall–Kier alpha value is -1.84. The minimum absolute atomic E-state index is 0.256. The molecule has 1 saturated carbocycles. The molecule has 3 rings (SSSR count). The normalized spacial score (nSPS) is 14.9. The van der Waals surface area contributed by atoms with E-state index in [2.05, 4.69) is 10.2 Å². The number of aromatic nitrogens is 2. The molecular weight excluding hydrogens is 219 g/mol. The Morgan fingerprint density at radius 3 is 2.82 bits per heavy atom. The van der Waals surface area contributed by atoms with Crippen molar-refractivity contribution in [3.63, 3.8) is 0 Å². The summed E-state index contributed by atoms with van der Waals surface area (Å²) in [5, 5.41) is 7.22. The van der Waals surface area contributed by atoms with Gasteiger partial charge in [-0.2, -0.15) is 5.10 Å². The standard InChI is InChI=1S/C13H13FN2O/c1-17-13-5-4-9(6-10(13)14)12-7-11(15-16-12)8-2-3-8/h4-8H,2-3H2,1H3,(H,15,16). The van der Waals surface area contributed by atoms with Crippen LogP contribution in [0.4, 0.5) is 4.39 Å². The lowest BCUT2D eigenvalue weighted by atomic mass is 10.1. The van der Waals surface area contributed by atoms with Crippen molar-refractivity contribution in [1.82, 2.24) is 10.2 Å². The molecule has 0 unspecified atom stereocenters. The fourth-order valence-electron chi connectivity index (χ4n) is 1.91. The molecule has 1 heterocycles. The van der Waals surface area contributed by atoms with Gasteiger partial charge >= 0.3 is 0 Å². The van der Waals surface area contributed by atoms with Crippen LogP contribution in [0.5, 0.6) is 5.75 Å². The molecule has 1 aromatic heterocycles. The predicted octanol–water partition coefficient (Wildman–Crippen LogP) is 3.10. The topological polar surface area (TPSA) is 37.9 Å². The number of nitrogens with one attached hydrogen (secondary N) is 1. The van der Waals surface area contributed by atoms with Crippen molar-refractivity contribution >= 4 is 0 Å². The third kappa shape index (κ3) is 1.90. The summed E-state index contributed by atoms with van der Waals surface area (Å²) in [6.07, 6.45) is 2.44. The van der Waals surface area contributed by atoms with E-state index < -0.39 is 0 Å². The van der Waals surface area contributed by atoms with Crippen LogP contribution < -0.4 is 4.74 Å². The fourth-order valence-corrected chi connectivity index (χ4v) is 1.91. The van der Waals surface area contributed by atoms with E-state index in [0.717, 1.165) is 17.0 Å². The Kier molecular flexibility index (Phi) is 2.35. The molecule has 1 N–H and O–H groups in total. The zero-order valence-corrected chi connectivity index (χ0v) is 9.53. The first-order valence-corrected chi connectivity index (χ1v) is 5.67. The van der Waals surface area contributed by atoms with Crippen LogP contribution in [-0.4, -0.2) is 17.3 Å². The Labute approximate surface area is 98.6 Å². The average Bonchev–Trinajstić information content (AvgIpc) is 3.07. The molecular formula is C13H13FN2O. The second-order valence-electron chi connectivity index (χ2n) is 4.33. The summed E-state index contributed by atoms with van der Waals surface area (Å²) in [4.78, 5) is 0. The number of methoxy groups -OCH3 is 1. The maximum Gasteiger partial charge on any atom is 0.165 e. The Morgan fingerprint density at radius 2 is 2.18 bits per heavy atom. The highest BCUT2D eigenvalue weighted by Gasteiger charge is 2.25. The first-order valence-electron chi connectivity index (χ1n) is 5.67. The van der Waals surface area contributed by atoms with E-state index >= 15 is 0 Å². The van der Waals surface area contributed by atoms with Gasteiger partial charge in [0.1, 0.15) is 0 Å². The number of nitrogens with zero attached hydrogens (tertiary/aromatic N) is 1. The third-order valence-electron chi connectivity index (χ3n) is 3.06. The molecule has 3 nitrogen and oxygen atoms in total. The molecule has 0 aliphatic heterocycles. The largest absolute Gasteiger partial charge is 0.494 e. The van der Waals surface area contributed by atoms with Crippen LogP contribution in [0.3, 0.4) is 0 Å². The molecule has 2 aromatic rings. The first kappa shape index (κ1) is 10.3. The van der Waals surface area contributed by atoms with E-state index in [0.29, 0.717) is 5.92 Å². The number of aromatic amines is 1. The van der Waals surface area contributed by atoms with Crippen molar-refractivity contribution in [3.05, 3.63) is 35.8 Å². The average molecular weight is 232 g/mol. The molecule has 17 heavy (non-hydrogen) atoms. The molecule has 1 aliphatic carbocycles. The van der Waals surface area contributed by atoms with Gasteiger partial charge in [0.25, 0.3) is 0 Å². The summed E-state index contributed by atoms with van der Waals surface area (Å²) >= 11 is 0. The number of rotatable bonds is 3. The first-order chi connectivity index (χ1) is 8.28. The van der Waals surface area contributed by atoms with Crippen molar-refractivity contribution in [1.29, 1.82) is 0 Å².